The van der Waals surface area contributed by atoms with Crippen molar-refractivity contribution >= 4 is 11.9 Å². The molecule has 0 aliphatic rings. The van der Waals surface area contributed by atoms with Gasteiger partial charge in [0.2, 0.25) is 5.91 Å². The number of carboxylic acid groups (broad SMARTS) is 1. The molecule has 116 valence electrons. The van der Waals surface area contributed by atoms with E-state index in [0.717, 1.165) is 19.3 Å². The van der Waals surface area contributed by atoms with E-state index < -0.39 is 5.97 Å². The molecule has 0 saturated heterocycles. The average Bonchev–Trinajstić information content (AvgIpc) is 2.42. The lowest BCUT2D eigenvalue weighted by atomic mass is 10.1. The van der Waals surface area contributed by atoms with Crippen molar-refractivity contribution in [3.8, 4) is 0 Å². The van der Waals surface area contributed by atoms with E-state index in [2.05, 4.69) is 31.2 Å². The molecule has 0 spiro atoms. The van der Waals surface area contributed by atoms with Crippen molar-refractivity contribution in [1.29, 1.82) is 0 Å². The molecule has 0 fully saturated rings. The summed E-state index contributed by atoms with van der Waals surface area (Å²) in [7, 11) is 0. The Hall–Kier alpha value is -1.84. The summed E-state index contributed by atoms with van der Waals surface area (Å²) >= 11 is 0. The summed E-state index contributed by atoms with van der Waals surface area (Å²) in [6, 6.07) is 8.33. The van der Waals surface area contributed by atoms with Crippen molar-refractivity contribution in [2.75, 3.05) is 6.54 Å². The molecule has 0 aliphatic heterocycles. The van der Waals surface area contributed by atoms with Crippen LogP contribution in [0.3, 0.4) is 0 Å². The van der Waals surface area contributed by atoms with Crippen molar-refractivity contribution in [3.63, 3.8) is 0 Å². The normalized spacial score (nSPS) is 10.7. The van der Waals surface area contributed by atoms with Gasteiger partial charge >= 0.3 is 5.97 Å². The summed E-state index contributed by atoms with van der Waals surface area (Å²) in [5, 5.41) is 8.83. The molecule has 0 bridgehead atoms. The van der Waals surface area contributed by atoms with Crippen molar-refractivity contribution in [1.82, 2.24) is 4.90 Å². The molecule has 1 aromatic carbocycles. The number of rotatable bonds is 8. The van der Waals surface area contributed by atoms with Gasteiger partial charge in [0.05, 0.1) is 0 Å². The number of aryl methyl sites for hydroxylation is 2. The third-order valence-electron chi connectivity index (χ3n) is 3.48. The van der Waals surface area contributed by atoms with Gasteiger partial charge in [0.25, 0.3) is 0 Å². The van der Waals surface area contributed by atoms with Crippen molar-refractivity contribution in [2.24, 2.45) is 0 Å². The zero-order valence-corrected chi connectivity index (χ0v) is 13.1. The van der Waals surface area contributed by atoms with E-state index >= 15 is 0 Å². The largest absolute Gasteiger partial charge is 0.480 e. The first-order valence-electron chi connectivity index (χ1n) is 7.47. The monoisotopic (exact) mass is 291 g/mol. The smallest absolute Gasteiger partial charge is 0.323 e. The lowest BCUT2D eigenvalue weighted by molar-refractivity contribution is -0.145. The number of carbonyl (C=O) groups excluding carboxylic acids is 1. The minimum atomic E-state index is -0.961. The van der Waals surface area contributed by atoms with Crippen LogP contribution in [0.1, 0.15) is 44.2 Å². The minimum absolute atomic E-state index is 0.0729. The van der Waals surface area contributed by atoms with Gasteiger partial charge in [-0.15, -0.1) is 0 Å². The maximum Gasteiger partial charge on any atom is 0.323 e. The Balaban J connectivity index is 2.34. The van der Waals surface area contributed by atoms with Crippen molar-refractivity contribution < 1.29 is 14.7 Å². The van der Waals surface area contributed by atoms with Crippen LogP contribution in [0.15, 0.2) is 24.3 Å². The fraction of sp³-hybridized carbons (Fsp3) is 0.529. The average molecular weight is 291 g/mol. The SMILES string of the molecule is Cc1ccc(CCCCC(=O)N(CC(=O)O)C(C)C)cc1. The van der Waals surface area contributed by atoms with E-state index in [9.17, 15) is 9.59 Å². The number of aliphatic carboxylic acids is 1. The Kier molecular flexibility index (Phi) is 6.92. The highest BCUT2D eigenvalue weighted by molar-refractivity contribution is 5.81. The highest BCUT2D eigenvalue weighted by Crippen LogP contribution is 2.10. The third-order valence-corrected chi connectivity index (χ3v) is 3.48. The maximum absolute atomic E-state index is 12.0. The number of carboxylic acids is 1. The molecule has 4 nitrogen and oxygen atoms in total. The van der Waals surface area contributed by atoms with Gasteiger partial charge in [-0.3, -0.25) is 9.59 Å². The number of nitrogens with zero attached hydrogens (tertiary/aromatic N) is 1. The molecule has 0 saturated carbocycles. The number of benzene rings is 1. The van der Waals surface area contributed by atoms with Crippen LogP contribution in [0, 0.1) is 6.92 Å². The van der Waals surface area contributed by atoms with Gasteiger partial charge in [0.15, 0.2) is 0 Å². The third kappa shape index (κ3) is 6.43. The predicted molar refractivity (Wildman–Crippen MR) is 83.2 cm³/mol. The molecular formula is C17H25NO3. The van der Waals surface area contributed by atoms with E-state index in [1.54, 1.807) is 0 Å². The van der Waals surface area contributed by atoms with Gasteiger partial charge < -0.3 is 10.0 Å². The van der Waals surface area contributed by atoms with E-state index in [4.69, 9.17) is 5.11 Å². The fourth-order valence-corrected chi connectivity index (χ4v) is 2.21. The molecule has 0 aliphatic carbocycles. The van der Waals surface area contributed by atoms with E-state index in [1.807, 2.05) is 13.8 Å². The van der Waals surface area contributed by atoms with Gasteiger partial charge in [-0.05, 0) is 45.6 Å². The van der Waals surface area contributed by atoms with Crippen molar-refractivity contribution in [2.45, 2.75) is 52.5 Å². The van der Waals surface area contributed by atoms with Crippen LogP contribution in [-0.4, -0.2) is 34.5 Å². The van der Waals surface area contributed by atoms with E-state index in [0.29, 0.717) is 6.42 Å². The quantitative estimate of drug-likeness (QED) is 0.749. The summed E-state index contributed by atoms with van der Waals surface area (Å²) in [5.74, 6) is -1.03. The Labute approximate surface area is 126 Å². The van der Waals surface area contributed by atoms with Gasteiger partial charge in [-0.2, -0.15) is 0 Å². The fourth-order valence-electron chi connectivity index (χ4n) is 2.21. The summed E-state index contributed by atoms with van der Waals surface area (Å²) in [6.07, 6.45) is 3.09. The van der Waals surface area contributed by atoms with Gasteiger partial charge in [0, 0.05) is 12.5 Å². The first-order chi connectivity index (χ1) is 9.90. The standard InChI is InChI=1S/C17H25NO3/c1-13(2)18(12-17(20)21)16(19)7-5-4-6-15-10-8-14(3)9-11-15/h8-11,13H,4-7,12H2,1-3H3,(H,20,21). The second-order valence-electron chi connectivity index (χ2n) is 5.70. The summed E-state index contributed by atoms with van der Waals surface area (Å²) in [4.78, 5) is 24.2. The number of hydrogen-bond donors (Lipinski definition) is 1. The van der Waals surface area contributed by atoms with Crippen molar-refractivity contribution in [3.05, 3.63) is 35.4 Å². The Bertz CT molecular complexity index is 465. The number of carbonyl (C=O) groups is 2. The second-order valence-corrected chi connectivity index (χ2v) is 5.70. The number of unbranched alkanes of at least 4 members (excludes halogenated alkanes) is 1. The molecule has 0 heterocycles. The van der Waals surface area contributed by atoms with Crippen LogP contribution in [0.4, 0.5) is 0 Å². The zero-order chi connectivity index (χ0) is 15.8. The van der Waals surface area contributed by atoms with Crippen LogP contribution in [0.5, 0.6) is 0 Å². The van der Waals surface area contributed by atoms with Gasteiger partial charge in [0.1, 0.15) is 6.54 Å². The molecule has 1 aromatic rings. The summed E-state index contributed by atoms with van der Waals surface area (Å²) < 4.78 is 0. The highest BCUT2D eigenvalue weighted by Gasteiger charge is 2.18. The second kappa shape index (κ2) is 8.45. The molecule has 1 amide bonds. The Morgan fingerprint density at radius 3 is 2.29 bits per heavy atom. The molecule has 0 radical (unpaired) electrons. The Morgan fingerprint density at radius 1 is 1.14 bits per heavy atom. The van der Waals surface area contributed by atoms with Crippen LogP contribution >= 0.6 is 0 Å². The summed E-state index contributed by atoms with van der Waals surface area (Å²) in [6.45, 7) is 5.53. The molecule has 0 atom stereocenters. The Morgan fingerprint density at radius 2 is 1.76 bits per heavy atom. The van der Waals surface area contributed by atoms with Crippen LogP contribution in [0.25, 0.3) is 0 Å². The zero-order valence-electron chi connectivity index (χ0n) is 13.1. The van der Waals surface area contributed by atoms with Crippen LogP contribution in [-0.2, 0) is 16.0 Å². The molecular weight excluding hydrogens is 266 g/mol. The lowest BCUT2D eigenvalue weighted by Gasteiger charge is -2.24. The van der Waals surface area contributed by atoms with Gasteiger partial charge in [-0.1, -0.05) is 29.8 Å². The molecule has 0 unspecified atom stereocenters. The first kappa shape index (κ1) is 17.2. The first-order valence-corrected chi connectivity index (χ1v) is 7.47. The van der Waals surface area contributed by atoms with E-state index in [1.165, 1.54) is 16.0 Å². The van der Waals surface area contributed by atoms with Gasteiger partial charge in [-0.25, -0.2) is 0 Å². The van der Waals surface area contributed by atoms with E-state index in [-0.39, 0.29) is 18.5 Å². The van der Waals surface area contributed by atoms with Crippen LogP contribution in [0.2, 0.25) is 0 Å². The molecule has 1 rings (SSSR count). The summed E-state index contributed by atoms with van der Waals surface area (Å²) in [5.41, 5.74) is 2.52. The number of amides is 1. The predicted octanol–water partition coefficient (Wildman–Crippen LogP) is 3.03. The molecule has 21 heavy (non-hydrogen) atoms. The molecule has 0 aromatic heterocycles. The topological polar surface area (TPSA) is 57.6 Å². The minimum Gasteiger partial charge on any atom is -0.480 e. The lowest BCUT2D eigenvalue weighted by Crippen LogP contribution is -2.40. The maximum atomic E-state index is 12.0. The molecule has 1 N–H and O–H groups in total. The highest BCUT2D eigenvalue weighted by atomic mass is 16.4. The number of hydrogen-bond acceptors (Lipinski definition) is 2. The molecule has 4 heteroatoms. The van der Waals surface area contributed by atoms with Crippen LogP contribution < -0.4 is 0 Å².